The van der Waals surface area contributed by atoms with Crippen LogP contribution in [0.15, 0.2) is 60.0 Å². The zero-order chi connectivity index (χ0) is 45.9. The van der Waals surface area contributed by atoms with Crippen LogP contribution in [0, 0.1) is 5.92 Å². The van der Waals surface area contributed by atoms with Crippen molar-refractivity contribution in [3.05, 3.63) is 81.8 Å². The molecule has 0 spiro atoms. The molecule has 2 aliphatic rings. The van der Waals surface area contributed by atoms with Gasteiger partial charge in [-0.3, -0.25) is 19.3 Å². The summed E-state index contributed by atoms with van der Waals surface area (Å²) in [5.41, 5.74) is 1.00. The maximum atomic E-state index is 14.5. The minimum Gasteiger partial charge on any atom is -0.491 e. The lowest BCUT2D eigenvalue weighted by atomic mass is 9.83. The molecule has 5 rings (SSSR count). The zero-order valence-electron chi connectivity index (χ0n) is 37.8. The number of likely N-dealkylation sites (N-methyl/N-ethyl adjacent to an activating group) is 1. The van der Waals surface area contributed by atoms with Crippen LogP contribution in [0.25, 0.3) is 0 Å². The highest BCUT2D eigenvalue weighted by atomic mass is 32.1. The number of carbonyl (C=O) groups is 5. The predicted molar refractivity (Wildman–Crippen MR) is 240 cm³/mol. The average molecular weight is 908 g/mol. The summed E-state index contributed by atoms with van der Waals surface area (Å²) in [4.78, 5) is 74.2. The third-order valence-electron chi connectivity index (χ3n) is 11.0. The van der Waals surface area contributed by atoms with E-state index in [9.17, 15) is 24.0 Å². The van der Waals surface area contributed by atoms with E-state index in [0.29, 0.717) is 75.5 Å². The van der Waals surface area contributed by atoms with Crippen LogP contribution in [0.3, 0.4) is 0 Å². The van der Waals surface area contributed by atoms with E-state index < -0.39 is 35.8 Å². The molecule has 2 N–H and O–H groups in total. The number of nitrogens with zero attached hydrogens (tertiary/aromatic N) is 3. The second kappa shape index (κ2) is 25.4. The largest absolute Gasteiger partial charge is 0.491 e. The molecule has 1 aliphatic heterocycles. The summed E-state index contributed by atoms with van der Waals surface area (Å²) in [7, 11) is 1.52. The van der Waals surface area contributed by atoms with Gasteiger partial charge in [-0.15, -0.1) is 11.3 Å². The highest BCUT2D eigenvalue weighted by Gasteiger charge is 2.41. The molecule has 2 heterocycles. The van der Waals surface area contributed by atoms with Crippen molar-refractivity contribution in [1.29, 1.82) is 0 Å². The molecule has 1 aliphatic carbocycles. The highest BCUT2D eigenvalue weighted by molar-refractivity contribution is 7.10. The van der Waals surface area contributed by atoms with Gasteiger partial charge in [0.1, 0.15) is 47.3 Å². The standard InChI is InChI=1S/C47H65N5O11S/c1-33(51(5)46(57)62-31-34-14-8-6-9-15-34)42(54)50-40(35-16-10-7-11-17-35)44(55)52-22-13-20-39(52)43-49-38(32-64-43)41(53)36-18-12-19-37(30-36)61-29-28-60-27-26-59-25-24-58-23-21-48-45(56)63-47(2,3)4/h6,8-9,12,14-15,18-19,30,32-33,35,39-40H,7,10-11,13,16-17,20-29,31H2,1-5H3,(H,48,56)(H,50,54)/t33-,39-,40-/m0/s1. The Labute approximate surface area is 380 Å². The lowest BCUT2D eigenvalue weighted by molar-refractivity contribution is -0.140. The smallest absolute Gasteiger partial charge is 0.410 e. The van der Waals surface area contributed by atoms with Gasteiger partial charge in [-0.05, 0) is 77.0 Å². The first-order chi connectivity index (χ1) is 30.8. The van der Waals surface area contributed by atoms with E-state index in [1.54, 1.807) is 57.3 Å². The van der Waals surface area contributed by atoms with E-state index in [0.717, 1.165) is 44.1 Å². The summed E-state index contributed by atoms with van der Waals surface area (Å²) < 4.78 is 33.1. The SMILES string of the molecule is C[C@@H](C(=O)N[C@H](C(=O)N1CCC[C@H]1c1nc(C(=O)c2cccc(OCCOCCOCCOCCNC(=O)OC(C)(C)C)c2)cs1)C1CCCCC1)N(C)C(=O)OCc1ccccc1. The number of nitrogens with one attached hydrogen (secondary N) is 2. The number of amides is 4. The molecule has 17 heteroatoms. The number of alkyl carbamates (subject to hydrolysis) is 1. The number of carbonyl (C=O) groups excluding carboxylic acids is 5. The third-order valence-corrected chi connectivity index (χ3v) is 11.9. The van der Waals surface area contributed by atoms with E-state index in [2.05, 4.69) is 10.6 Å². The fraction of sp³-hybridized carbons (Fsp3) is 0.574. The summed E-state index contributed by atoms with van der Waals surface area (Å²) in [5, 5.41) is 8.08. The van der Waals surface area contributed by atoms with E-state index >= 15 is 0 Å². The molecule has 1 saturated heterocycles. The second-order valence-corrected chi connectivity index (χ2v) is 17.8. The molecule has 3 atom stereocenters. The van der Waals surface area contributed by atoms with E-state index in [1.807, 2.05) is 35.2 Å². The Morgan fingerprint density at radius 1 is 0.859 bits per heavy atom. The number of hydrogen-bond acceptors (Lipinski definition) is 13. The Kier molecular flexibility index (Phi) is 19.8. The Balaban J connectivity index is 1.06. The summed E-state index contributed by atoms with van der Waals surface area (Å²) in [6.07, 6.45) is 5.00. The van der Waals surface area contributed by atoms with Crippen LogP contribution >= 0.6 is 11.3 Å². The maximum absolute atomic E-state index is 14.5. The Bertz CT molecular complexity index is 1950. The number of ketones is 1. The van der Waals surface area contributed by atoms with Crippen molar-refractivity contribution < 1.29 is 52.4 Å². The number of aromatic nitrogens is 1. The van der Waals surface area contributed by atoms with Crippen LogP contribution in [-0.4, -0.2) is 129 Å². The number of ether oxygens (including phenoxy) is 6. The number of benzene rings is 2. The number of hydrogen-bond donors (Lipinski definition) is 2. The van der Waals surface area contributed by atoms with Crippen molar-refractivity contribution in [2.24, 2.45) is 5.92 Å². The van der Waals surface area contributed by atoms with Gasteiger partial charge in [0.15, 0.2) is 0 Å². The van der Waals surface area contributed by atoms with Gasteiger partial charge in [0.05, 0.1) is 45.7 Å². The van der Waals surface area contributed by atoms with Gasteiger partial charge in [0.2, 0.25) is 17.6 Å². The van der Waals surface area contributed by atoms with E-state index in [-0.39, 0.29) is 42.6 Å². The van der Waals surface area contributed by atoms with Crippen molar-refractivity contribution in [2.75, 3.05) is 66.4 Å². The average Bonchev–Trinajstić information content (AvgIpc) is 3.99. The number of rotatable bonds is 23. The molecule has 0 radical (unpaired) electrons. The fourth-order valence-electron chi connectivity index (χ4n) is 7.46. The van der Waals surface area contributed by atoms with Crippen LogP contribution in [-0.2, 0) is 39.9 Å². The van der Waals surface area contributed by atoms with Crippen LogP contribution in [0.1, 0.15) is 105 Å². The highest BCUT2D eigenvalue weighted by Crippen LogP contribution is 2.37. The van der Waals surface area contributed by atoms with Crippen molar-refractivity contribution in [1.82, 2.24) is 25.4 Å². The normalized spacial score (nSPS) is 16.4. The lowest BCUT2D eigenvalue weighted by Gasteiger charge is -2.35. The minimum atomic E-state index is -0.876. The van der Waals surface area contributed by atoms with Gasteiger partial charge in [-0.25, -0.2) is 14.6 Å². The number of thiazole rings is 1. The van der Waals surface area contributed by atoms with Gasteiger partial charge in [0, 0.05) is 31.1 Å². The summed E-state index contributed by atoms with van der Waals surface area (Å²) >= 11 is 1.35. The molecule has 2 aromatic carbocycles. The van der Waals surface area contributed by atoms with Gasteiger partial charge in [-0.2, -0.15) is 0 Å². The Morgan fingerprint density at radius 2 is 1.55 bits per heavy atom. The molecule has 0 bridgehead atoms. The molecular formula is C47H65N5O11S. The molecule has 16 nitrogen and oxygen atoms in total. The van der Waals surface area contributed by atoms with Crippen LogP contribution in [0.4, 0.5) is 9.59 Å². The Morgan fingerprint density at radius 3 is 2.25 bits per heavy atom. The topological polar surface area (TPSA) is 184 Å². The van der Waals surface area contributed by atoms with Crippen molar-refractivity contribution >= 4 is 41.1 Å². The molecule has 1 saturated carbocycles. The molecule has 0 unspecified atom stereocenters. The predicted octanol–water partition coefficient (Wildman–Crippen LogP) is 6.71. The molecule has 2 fully saturated rings. The zero-order valence-corrected chi connectivity index (χ0v) is 38.7. The van der Waals surface area contributed by atoms with Crippen molar-refractivity contribution in [3.8, 4) is 5.75 Å². The van der Waals surface area contributed by atoms with E-state index in [4.69, 9.17) is 33.4 Å². The van der Waals surface area contributed by atoms with Gasteiger partial charge in [0.25, 0.3) is 0 Å². The molecule has 1 aromatic heterocycles. The van der Waals surface area contributed by atoms with Crippen molar-refractivity contribution in [2.45, 2.75) is 103 Å². The van der Waals surface area contributed by atoms with Gasteiger partial charge in [-0.1, -0.05) is 61.7 Å². The van der Waals surface area contributed by atoms with Gasteiger partial charge < -0.3 is 44.0 Å². The summed E-state index contributed by atoms with van der Waals surface area (Å²) in [5.74, 6) is -0.364. The summed E-state index contributed by atoms with van der Waals surface area (Å²) in [6, 6.07) is 14.3. The minimum absolute atomic E-state index is 0.0392. The van der Waals surface area contributed by atoms with Crippen LogP contribution in [0.5, 0.6) is 5.75 Å². The fourth-order valence-corrected chi connectivity index (χ4v) is 8.41. The Hall–Kier alpha value is -5.10. The van der Waals surface area contributed by atoms with Gasteiger partial charge >= 0.3 is 12.2 Å². The third kappa shape index (κ3) is 15.9. The molecule has 3 aromatic rings. The van der Waals surface area contributed by atoms with Crippen LogP contribution in [0.2, 0.25) is 0 Å². The quantitative estimate of drug-likeness (QED) is 0.0759. The summed E-state index contributed by atoms with van der Waals surface area (Å²) in [6.45, 7) is 10.4. The molecular weight excluding hydrogens is 843 g/mol. The van der Waals surface area contributed by atoms with E-state index in [1.165, 1.54) is 23.3 Å². The lowest BCUT2D eigenvalue weighted by Crippen LogP contribution is -2.56. The van der Waals surface area contributed by atoms with Crippen molar-refractivity contribution in [3.63, 3.8) is 0 Å². The first-order valence-electron chi connectivity index (χ1n) is 22.3. The molecule has 350 valence electrons. The van der Waals surface area contributed by atoms with Crippen LogP contribution < -0.4 is 15.4 Å². The molecule has 64 heavy (non-hydrogen) atoms. The first-order valence-corrected chi connectivity index (χ1v) is 23.2. The monoisotopic (exact) mass is 907 g/mol. The second-order valence-electron chi connectivity index (χ2n) is 16.9. The number of likely N-dealkylation sites (tertiary alicyclic amines) is 1. The first kappa shape index (κ1) is 49.9. The maximum Gasteiger partial charge on any atom is 0.410 e. The molecule has 4 amide bonds.